The SMILES string of the molecule is C=C(CCCOc1ccc(C(C)(C)c2cc(C#N)c(O)c(CC)c2)cc1)NC(=O)OC(C)(C)C. The van der Waals surface area contributed by atoms with E-state index in [1.54, 1.807) is 6.07 Å². The van der Waals surface area contributed by atoms with Gasteiger partial charge in [0.25, 0.3) is 0 Å². The van der Waals surface area contributed by atoms with E-state index in [1.807, 2.05) is 58.0 Å². The quantitative estimate of drug-likeness (QED) is 0.422. The van der Waals surface area contributed by atoms with Crippen LogP contribution in [0.4, 0.5) is 4.79 Å². The van der Waals surface area contributed by atoms with Crippen LogP contribution in [0.1, 0.15) is 76.6 Å². The van der Waals surface area contributed by atoms with Crippen LogP contribution in [-0.2, 0) is 16.6 Å². The molecule has 182 valence electrons. The number of nitrogens with zero attached hydrogens (tertiary/aromatic N) is 1. The minimum Gasteiger partial charge on any atom is -0.506 e. The standard InChI is InChI=1S/C28H36N2O4/c1-8-20-16-23(17-21(18-29)25(20)31)28(6,7)22-11-13-24(14-12-22)33-15-9-10-19(2)30-26(32)34-27(3,4)5/h11-14,16-17,31H,2,8-10,15H2,1,3-7H3,(H,30,32). The van der Waals surface area contributed by atoms with Crippen LogP contribution in [0.25, 0.3) is 0 Å². The highest BCUT2D eigenvalue weighted by Crippen LogP contribution is 2.36. The van der Waals surface area contributed by atoms with Gasteiger partial charge in [-0.05, 0) is 74.9 Å². The fraction of sp³-hybridized carbons (Fsp3) is 0.429. The van der Waals surface area contributed by atoms with Crippen molar-refractivity contribution < 1.29 is 19.4 Å². The molecule has 0 aliphatic rings. The molecule has 34 heavy (non-hydrogen) atoms. The first-order valence-electron chi connectivity index (χ1n) is 11.5. The molecule has 0 saturated carbocycles. The van der Waals surface area contributed by atoms with Gasteiger partial charge in [0.2, 0.25) is 0 Å². The first kappa shape index (κ1) is 26.8. The summed E-state index contributed by atoms with van der Waals surface area (Å²) in [6.45, 7) is 15.9. The van der Waals surface area contributed by atoms with Crippen molar-refractivity contribution in [1.29, 1.82) is 5.26 Å². The van der Waals surface area contributed by atoms with E-state index in [1.165, 1.54) is 0 Å². The molecule has 0 aromatic heterocycles. The van der Waals surface area contributed by atoms with Crippen LogP contribution in [0, 0.1) is 11.3 Å². The molecular weight excluding hydrogens is 428 g/mol. The summed E-state index contributed by atoms with van der Waals surface area (Å²) in [6, 6.07) is 13.7. The highest BCUT2D eigenvalue weighted by Gasteiger charge is 2.25. The van der Waals surface area contributed by atoms with Crippen LogP contribution in [0.15, 0.2) is 48.7 Å². The van der Waals surface area contributed by atoms with Crippen LogP contribution < -0.4 is 10.1 Å². The highest BCUT2D eigenvalue weighted by atomic mass is 16.6. The van der Waals surface area contributed by atoms with E-state index < -0.39 is 11.7 Å². The Labute approximate surface area is 203 Å². The van der Waals surface area contributed by atoms with Crippen molar-refractivity contribution in [2.24, 2.45) is 0 Å². The number of alkyl carbamates (subject to hydrolysis) is 1. The Morgan fingerprint density at radius 2 is 1.76 bits per heavy atom. The predicted molar refractivity (Wildman–Crippen MR) is 134 cm³/mol. The fourth-order valence-electron chi connectivity index (χ4n) is 3.53. The molecule has 0 aliphatic heterocycles. The lowest BCUT2D eigenvalue weighted by atomic mass is 9.77. The van der Waals surface area contributed by atoms with Gasteiger partial charge in [-0.3, -0.25) is 5.32 Å². The van der Waals surface area contributed by atoms with Gasteiger partial charge in [-0.25, -0.2) is 4.79 Å². The van der Waals surface area contributed by atoms with Crippen molar-refractivity contribution in [3.63, 3.8) is 0 Å². The van der Waals surface area contributed by atoms with E-state index in [0.717, 1.165) is 22.4 Å². The number of phenolic OH excluding ortho intramolecular Hbond substituents is 1. The minimum atomic E-state index is -0.549. The molecule has 2 N–H and O–H groups in total. The van der Waals surface area contributed by atoms with Crippen molar-refractivity contribution in [1.82, 2.24) is 5.32 Å². The van der Waals surface area contributed by atoms with E-state index in [9.17, 15) is 15.2 Å². The fourth-order valence-corrected chi connectivity index (χ4v) is 3.53. The molecule has 6 nitrogen and oxygen atoms in total. The molecule has 0 spiro atoms. The molecule has 6 heteroatoms. The molecule has 0 unspecified atom stereocenters. The number of benzene rings is 2. The van der Waals surface area contributed by atoms with Gasteiger partial charge >= 0.3 is 6.09 Å². The number of carbonyl (C=O) groups is 1. The van der Waals surface area contributed by atoms with Gasteiger partial charge in [-0.1, -0.05) is 45.5 Å². The zero-order valence-corrected chi connectivity index (χ0v) is 21.1. The maximum absolute atomic E-state index is 11.8. The number of nitriles is 1. The lowest BCUT2D eigenvalue weighted by Gasteiger charge is -2.27. The second-order valence-corrected chi connectivity index (χ2v) is 9.83. The number of hydrogen-bond acceptors (Lipinski definition) is 5. The number of carbonyl (C=O) groups excluding carboxylic acids is 1. The first-order chi connectivity index (χ1) is 15.9. The number of nitrogens with one attached hydrogen (secondary N) is 1. The van der Waals surface area contributed by atoms with Crippen molar-refractivity contribution in [2.45, 2.75) is 71.8 Å². The number of ether oxygens (including phenoxy) is 2. The van der Waals surface area contributed by atoms with Crippen molar-refractivity contribution in [3.05, 3.63) is 70.9 Å². The van der Waals surface area contributed by atoms with Crippen LogP contribution >= 0.6 is 0 Å². The Balaban J connectivity index is 1.95. The Kier molecular flexibility index (Phi) is 8.75. The molecule has 0 aliphatic carbocycles. The number of phenols is 1. The lowest BCUT2D eigenvalue weighted by molar-refractivity contribution is 0.0544. The lowest BCUT2D eigenvalue weighted by Crippen LogP contribution is -2.31. The molecule has 0 saturated heterocycles. The summed E-state index contributed by atoms with van der Waals surface area (Å²) in [5.74, 6) is 0.820. The molecule has 0 bridgehead atoms. The topological polar surface area (TPSA) is 91.6 Å². The number of rotatable bonds is 9. The second-order valence-electron chi connectivity index (χ2n) is 9.83. The largest absolute Gasteiger partial charge is 0.506 e. The summed E-state index contributed by atoms with van der Waals surface area (Å²) in [7, 11) is 0. The van der Waals surface area contributed by atoms with Gasteiger partial charge in [0.15, 0.2) is 0 Å². The first-order valence-corrected chi connectivity index (χ1v) is 11.5. The van der Waals surface area contributed by atoms with Gasteiger partial charge < -0.3 is 14.6 Å². The van der Waals surface area contributed by atoms with Crippen LogP contribution in [0.5, 0.6) is 11.5 Å². The number of allylic oxidation sites excluding steroid dienone is 1. The van der Waals surface area contributed by atoms with Crippen LogP contribution in [0.2, 0.25) is 0 Å². The Hall–Kier alpha value is -3.46. The van der Waals surface area contributed by atoms with E-state index in [2.05, 4.69) is 31.8 Å². The van der Waals surface area contributed by atoms with Gasteiger partial charge in [-0.15, -0.1) is 0 Å². The van der Waals surface area contributed by atoms with E-state index in [-0.39, 0.29) is 11.2 Å². The molecule has 1 amide bonds. The van der Waals surface area contributed by atoms with Crippen molar-refractivity contribution in [2.75, 3.05) is 6.61 Å². The molecule has 2 rings (SSSR count). The number of hydrogen-bond donors (Lipinski definition) is 2. The normalized spacial score (nSPS) is 11.4. The smallest absolute Gasteiger partial charge is 0.411 e. The van der Waals surface area contributed by atoms with E-state index in [4.69, 9.17) is 9.47 Å². The summed E-state index contributed by atoms with van der Waals surface area (Å²) in [4.78, 5) is 11.8. The zero-order valence-electron chi connectivity index (χ0n) is 21.1. The Morgan fingerprint density at radius 3 is 2.32 bits per heavy atom. The summed E-state index contributed by atoms with van der Waals surface area (Å²) in [6.07, 6.45) is 1.44. The third-order valence-corrected chi connectivity index (χ3v) is 5.56. The summed E-state index contributed by atoms with van der Waals surface area (Å²) in [5.41, 5.74) is 2.80. The minimum absolute atomic E-state index is 0.0669. The van der Waals surface area contributed by atoms with Gasteiger partial charge in [-0.2, -0.15) is 5.26 Å². The average molecular weight is 465 g/mol. The molecular formula is C28H36N2O4. The zero-order chi connectivity index (χ0) is 25.5. The molecule has 2 aromatic carbocycles. The maximum Gasteiger partial charge on any atom is 0.411 e. The van der Waals surface area contributed by atoms with E-state index in [0.29, 0.717) is 37.1 Å². The van der Waals surface area contributed by atoms with Gasteiger partial charge in [0, 0.05) is 11.1 Å². The maximum atomic E-state index is 11.8. The van der Waals surface area contributed by atoms with E-state index >= 15 is 0 Å². The molecule has 0 fully saturated rings. The van der Waals surface area contributed by atoms with Crippen molar-refractivity contribution >= 4 is 6.09 Å². The number of aromatic hydroxyl groups is 1. The average Bonchev–Trinajstić information content (AvgIpc) is 2.75. The summed E-state index contributed by atoms with van der Waals surface area (Å²) < 4.78 is 11.1. The second kappa shape index (κ2) is 11.1. The predicted octanol–water partition coefficient (Wildman–Crippen LogP) is 6.35. The third-order valence-electron chi connectivity index (χ3n) is 5.56. The van der Waals surface area contributed by atoms with Crippen molar-refractivity contribution in [3.8, 4) is 17.6 Å². The number of amides is 1. The Morgan fingerprint density at radius 1 is 1.12 bits per heavy atom. The van der Waals surface area contributed by atoms with Crippen LogP contribution in [0.3, 0.4) is 0 Å². The summed E-state index contributed by atoms with van der Waals surface area (Å²) >= 11 is 0. The summed E-state index contributed by atoms with van der Waals surface area (Å²) in [5, 5.41) is 22.3. The van der Waals surface area contributed by atoms with Gasteiger partial charge in [0.05, 0.1) is 12.2 Å². The monoisotopic (exact) mass is 464 g/mol. The third kappa shape index (κ3) is 7.28. The highest BCUT2D eigenvalue weighted by molar-refractivity contribution is 5.69. The Bertz CT molecular complexity index is 1060. The molecule has 0 heterocycles. The number of aryl methyl sites for hydroxylation is 1. The molecule has 0 radical (unpaired) electrons. The van der Waals surface area contributed by atoms with Crippen LogP contribution in [-0.4, -0.2) is 23.4 Å². The van der Waals surface area contributed by atoms with Gasteiger partial charge in [0.1, 0.15) is 23.2 Å². The molecule has 2 aromatic rings. The molecule has 0 atom stereocenters.